The van der Waals surface area contributed by atoms with E-state index in [1.165, 1.54) is 36.8 Å². The Balaban J connectivity index is 1.51. The lowest BCUT2D eigenvalue weighted by molar-refractivity contribution is 0.142. The maximum absolute atomic E-state index is 12.5. The Morgan fingerprint density at radius 2 is 1.89 bits per heavy atom. The van der Waals surface area contributed by atoms with E-state index < -0.39 is 0 Å². The van der Waals surface area contributed by atoms with Crippen LogP contribution in [0, 0.1) is 0 Å². The Kier molecular flexibility index (Phi) is 7.72. The summed E-state index contributed by atoms with van der Waals surface area (Å²) in [4.78, 5) is 17.3. The van der Waals surface area contributed by atoms with Crippen LogP contribution in [0.1, 0.15) is 43.7 Å². The summed E-state index contributed by atoms with van der Waals surface area (Å²) < 4.78 is 0. The second-order valence-corrected chi connectivity index (χ2v) is 7.83. The first kappa shape index (κ1) is 19.9. The van der Waals surface area contributed by atoms with Crippen molar-refractivity contribution in [2.24, 2.45) is 0 Å². The molecule has 5 nitrogen and oxygen atoms in total. The normalized spacial score (nSPS) is 20.0. The van der Waals surface area contributed by atoms with Crippen LogP contribution in [-0.2, 0) is 0 Å². The van der Waals surface area contributed by atoms with Gasteiger partial charge < -0.3 is 15.5 Å². The van der Waals surface area contributed by atoms with E-state index in [9.17, 15) is 4.79 Å². The maximum Gasteiger partial charge on any atom is 0.315 e. The SMILES string of the molecule is CN1CCN(CC(NC(=O)NCCC2=CCCCC2)c2ccccc2)CC1. The summed E-state index contributed by atoms with van der Waals surface area (Å²) in [6.45, 7) is 5.85. The van der Waals surface area contributed by atoms with Crippen molar-refractivity contribution < 1.29 is 4.79 Å². The van der Waals surface area contributed by atoms with Gasteiger partial charge in [0.25, 0.3) is 0 Å². The molecule has 1 unspecified atom stereocenters. The van der Waals surface area contributed by atoms with Gasteiger partial charge in [0.2, 0.25) is 0 Å². The fraction of sp³-hybridized carbons (Fsp3) is 0.591. The van der Waals surface area contributed by atoms with E-state index in [2.05, 4.69) is 45.7 Å². The highest BCUT2D eigenvalue weighted by atomic mass is 16.2. The molecule has 0 aromatic heterocycles. The predicted octanol–water partition coefficient (Wildman–Crippen LogP) is 3.16. The molecule has 0 spiro atoms. The molecular weight excluding hydrogens is 336 g/mol. The summed E-state index contributed by atoms with van der Waals surface area (Å²) in [5.41, 5.74) is 2.67. The number of piperazine rings is 1. The summed E-state index contributed by atoms with van der Waals surface area (Å²) in [5.74, 6) is 0. The lowest BCUT2D eigenvalue weighted by atomic mass is 9.97. The lowest BCUT2D eigenvalue weighted by Gasteiger charge is -2.35. The molecule has 1 aliphatic carbocycles. The third-order valence-corrected chi connectivity index (χ3v) is 5.66. The molecule has 5 heteroatoms. The van der Waals surface area contributed by atoms with Gasteiger partial charge in [0, 0.05) is 39.3 Å². The van der Waals surface area contributed by atoms with Crippen LogP contribution in [0.15, 0.2) is 42.0 Å². The molecule has 1 fully saturated rings. The van der Waals surface area contributed by atoms with Gasteiger partial charge in [-0.1, -0.05) is 42.0 Å². The monoisotopic (exact) mass is 370 g/mol. The number of amides is 2. The molecule has 1 atom stereocenters. The molecule has 1 aromatic rings. The van der Waals surface area contributed by atoms with Gasteiger partial charge in [-0.15, -0.1) is 0 Å². The van der Waals surface area contributed by atoms with Gasteiger partial charge in [-0.25, -0.2) is 4.79 Å². The smallest absolute Gasteiger partial charge is 0.315 e. The Bertz CT molecular complexity index is 608. The first-order valence-electron chi connectivity index (χ1n) is 10.4. The van der Waals surface area contributed by atoms with E-state index in [-0.39, 0.29) is 12.1 Å². The van der Waals surface area contributed by atoms with Gasteiger partial charge >= 0.3 is 6.03 Å². The predicted molar refractivity (Wildman–Crippen MR) is 111 cm³/mol. The second kappa shape index (κ2) is 10.5. The van der Waals surface area contributed by atoms with Crippen LogP contribution in [0.25, 0.3) is 0 Å². The van der Waals surface area contributed by atoms with Crippen LogP contribution in [0.2, 0.25) is 0 Å². The molecule has 2 amide bonds. The molecule has 0 saturated carbocycles. The second-order valence-electron chi connectivity index (χ2n) is 7.83. The maximum atomic E-state index is 12.5. The van der Waals surface area contributed by atoms with Crippen molar-refractivity contribution in [2.75, 3.05) is 46.3 Å². The zero-order chi connectivity index (χ0) is 18.9. The molecule has 148 valence electrons. The number of allylic oxidation sites excluding steroid dienone is 1. The highest BCUT2D eigenvalue weighted by Gasteiger charge is 2.21. The number of hydrogen-bond donors (Lipinski definition) is 2. The number of rotatable bonds is 7. The molecule has 1 aromatic carbocycles. The van der Waals surface area contributed by atoms with Crippen LogP contribution in [0.4, 0.5) is 4.79 Å². The Hall–Kier alpha value is -1.85. The fourth-order valence-corrected chi connectivity index (χ4v) is 3.89. The molecule has 0 bridgehead atoms. The van der Waals surface area contributed by atoms with Crippen LogP contribution in [0.5, 0.6) is 0 Å². The van der Waals surface area contributed by atoms with E-state index in [0.717, 1.165) is 39.1 Å². The average Bonchev–Trinajstić information content (AvgIpc) is 2.70. The minimum atomic E-state index is -0.0608. The van der Waals surface area contributed by atoms with E-state index in [4.69, 9.17) is 0 Å². The summed E-state index contributed by atoms with van der Waals surface area (Å²) in [6.07, 6.45) is 8.31. The number of urea groups is 1. The van der Waals surface area contributed by atoms with Crippen molar-refractivity contribution in [2.45, 2.75) is 38.1 Å². The minimum absolute atomic E-state index is 0.0171. The highest BCUT2D eigenvalue weighted by Crippen LogP contribution is 2.19. The van der Waals surface area contributed by atoms with Gasteiger partial charge in [0.05, 0.1) is 6.04 Å². The first-order valence-corrected chi connectivity index (χ1v) is 10.4. The quantitative estimate of drug-likeness (QED) is 0.725. The number of carbonyl (C=O) groups excluding carboxylic acids is 1. The third kappa shape index (κ3) is 6.67. The Morgan fingerprint density at radius 3 is 2.59 bits per heavy atom. The van der Waals surface area contributed by atoms with Crippen molar-refractivity contribution >= 4 is 6.03 Å². The fourth-order valence-electron chi connectivity index (χ4n) is 3.89. The minimum Gasteiger partial charge on any atom is -0.338 e. The Labute approximate surface area is 163 Å². The molecule has 3 rings (SSSR count). The van der Waals surface area contributed by atoms with Gasteiger partial charge in [0.15, 0.2) is 0 Å². The summed E-state index contributed by atoms with van der Waals surface area (Å²) in [7, 11) is 2.17. The summed E-state index contributed by atoms with van der Waals surface area (Å²) in [5, 5.41) is 6.26. The molecule has 2 N–H and O–H groups in total. The van der Waals surface area contributed by atoms with Crippen LogP contribution in [0.3, 0.4) is 0 Å². The summed E-state index contributed by atoms with van der Waals surface area (Å²) >= 11 is 0. The number of benzene rings is 1. The third-order valence-electron chi connectivity index (χ3n) is 5.66. The van der Waals surface area contributed by atoms with Crippen LogP contribution in [-0.4, -0.2) is 62.1 Å². The van der Waals surface area contributed by atoms with E-state index in [0.29, 0.717) is 6.54 Å². The highest BCUT2D eigenvalue weighted by molar-refractivity contribution is 5.74. The van der Waals surface area contributed by atoms with Crippen LogP contribution < -0.4 is 10.6 Å². The topological polar surface area (TPSA) is 47.6 Å². The number of likely N-dealkylation sites (N-methyl/N-ethyl adjacent to an activating group) is 1. The van der Waals surface area contributed by atoms with Crippen molar-refractivity contribution in [3.8, 4) is 0 Å². The lowest BCUT2D eigenvalue weighted by Crippen LogP contribution is -2.49. The van der Waals surface area contributed by atoms with Gasteiger partial charge in [0.1, 0.15) is 0 Å². The number of hydrogen-bond acceptors (Lipinski definition) is 3. The Morgan fingerprint density at radius 1 is 1.11 bits per heavy atom. The van der Waals surface area contributed by atoms with E-state index in [1.54, 1.807) is 0 Å². The largest absolute Gasteiger partial charge is 0.338 e. The van der Waals surface area contributed by atoms with Crippen molar-refractivity contribution in [3.05, 3.63) is 47.5 Å². The van der Waals surface area contributed by atoms with Crippen molar-refractivity contribution in [1.82, 2.24) is 20.4 Å². The average molecular weight is 371 g/mol. The zero-order valence-corrected chi connectivity index (χ0v) is 16.6. The van der Waals surface area contributed by atoms with Crippen LogP contribution >= 0.6 is 0 Å². The van der Waals surface area contributed by atoms with E-state index >= 15 is 0 Å². The van der Waals surface area contributed by atoms with Crippen molar-refractivity contribution in [1.29, 1.82) is 0 Å². The number of carbonyl (C=O) groups is 1. The first-order chi connectivity index (χ1) is 13.2. The molecule has 27 heavy (non-hydrogen) atoms. The van der Waals surface area contributed by atoms with Gasteiger partial charge in [-0.2, -0.15) is 0 Å². The molecule has 0 radical (unpaired) electrons. The molecule has 2 aliphatic rings. The molecule has 1 heterocycles. The number of nitrogens with one attached hydrogen (secondary N) is 2. The number of nitrogens with zero attached hydrogens (tertiary/aromatic N) is 2. The molecular formula is C22H34N4O. The molecule has 1 saturated heterocycles. The van der Waals surface area contributed by atoms with Gasteiger partial charge in [-0.05, 0) is 44.7 Å². The summed E-state index contributed by atoms with van der Waals surface area (Å²) in [6, 6.07) is 10.3. The zero-order valence-electron chi connectivity index (χ0n) is 16.6. The standard InChI is InChI=1S/C22H34N4O/c1-25-14-16-26(17-15-25)18-21(20-10-6-3-7-11-20)24-22(27)23-13-12-19-8-4-2-5-9-19/h3,6-8,10-11,21H,2,4-5,9,12-18H2,1H3,(H2,23,24,27). The molecule has 1 aliphatic heterocycles. The van der Waals surface area contributed by atoms with E-state index in [1.807, 2.05) is 18.2 Å². The van der Waals surface area contributed by atoms with Crippen molar-refractivity contribution in [3.63, 3.8) is 0 Å². The van der Waals surface area contributed by atoms with Gasteiger partial charge in [-0.3, -0.25) is 4.90 Å².